The second-order valence-electron chi connectivity index (χ2n) is 10.3. The highest BCUT2D eigenvalue weighted by atomic mass is 14.6. The van der Waals surface area contributed by atoms with Crippen LogP contribution in [-0.4, -0.2) is 0 Å². The maximum atomic E-state index is 2.52. The van der Waals surface area contributed by atoms with Crippen molar-refractivity contribution in [3.63, 3.8) is 0 Å². The molecule has 32 heavy (non-hydrogen) atoms. The Morgan fingerprint density at radius 2 is 1.62 bits per heavy atom. The molecule has 3 aromatic rings. The minimum atomic E-state index is -0.0634. The summed E-state index contributed by atoms with van der Waals surface area (Å²) in [5.41, 5.74) is 11.7. The van der Waals surface area contributed by atoms with Crippen LogP contribution in [0.1, 0.15) is 37.0 Å². The van der Waals surface area contributed by atoms with E-state index in [1.54, 1.807) is 11.1 Å². The van der Waals surface area contributed by atoms with Crippen LogP contribution in [0, 0.1) is 10.8 Å². The summed E-state index contributed by atoms with van der Waals surface area (Å²) >= 11 is 0. The average molecular weight is 409 g/mol. The summed E-state index contributed by atoms with van der Waals surface area (Å²) in [5, 5.41) is 5.84. The fourth-order valence-electron chi connectivity index (χ4n) is 7.61. The molecule has 0 amide bonds. The average Bonchev–Trinajstić information content (AvgIpc) is 2.81. The van der Waals surface area contributed by atoms with Crippen LogP contribution in [0.15, 0.2) is 90.0 Å². The zero-order valence-electron chi connectivity index (χ0n) is 18.5. The summed E-state index contributed by atoms with van der Waals surface area (Å²) in [6, 6.07) is 20.5. The maximum absolute atomic E-state index is 2.52. The minimum absolute atomic E-state index is 0.0620. The molecule has 0 bridgehead atoms. The Kier molecular flexibility index (Phi) is 2.86. The number of fused-ring (bicyclic) bond motifs is 3. The monoisotopic (exact) mass is 408 g/mol. The van der Waals surface area contributed by atoms with Gasteiger partial charge in [0.2, 0.25) is 0 Å². The Labute approximate surface area is 188 Å². The van der Waals surface area contributed by atoms with E-state index in [1.165, 1.54) is 54.6 Å². The molecule has 0 nitrogen and oxygen atoms in total. The third-order valence-corrected chi connectivity index (χ3v) is 9.29. The van der Waals surface area contributed by atoms with E-state index in [2.05, 4.69) is 98.8 Å². The zero-order valence-corrected chi connectivity index (χ0v) is 18.5. The molecule has 5 aliphatic carbocycles. The Morgan fingerprint density at radius 3 is 2.56 bits per heavy atom. The molecule has 0 fully saturated rings. The van der Waals surface area contributed by atoms with Crippen LogP contribution >= 0.6 is 0 Å². The first kappa shape index (κ1) is 17.2. The number of rotatable bonds is 0. The minimum Gasteiger partial charge on any atom is -0.0616 e. The number of hydrogen-bond acceptors (Lipinski definition) is 0. The molecule has 0 unspecified atom stereocenters. The lowest BCUT2D eigenvalue weighted by atomic mass is 9.44. The van der Waals surface area contributed by atoms with Crippen LogP contribution in [-0.2, 0) is 6.42 Å². The molecule has 0 heterocycles. The number of benzene rings is 3. The molecule has 0 saturated heterocycles. The van der Waals surface area contributed by atoms with Crippen molar-refractivity contribution in [3.8, 4) is 0 Å². The van der Waals surface area contributed by atoms with Crippen molar-refractivity contribution in [2.45, 2.75) is 26.7 Å². The van der Waals surface area contributed by atoms with Crippen molar-refractivity contribution in [1.82, 2.24) is 0 Å². The van der Waals surface area contributed by atoms with Gasteiger partial charge in [-0.1, -0.05) is 98.8 Å². The molecule has 0 aliphatic heterocycles. The Bertz CT molecular complexity index is 1680. The predicted octanol–water partition coefficient (Wildman–Crippen LogP) is 6.10. The third-order valence-electron chi connectivity index (χ3n) is 9.29. The first-order valence-electron chi connectivity index (χ1n) is 11.8. The molecule has 0 saturated carbocycles. The van der Waals surface area contributed by atoms with Gasteiger partial charge >= 0.3 is 0 Å². The molecule has 0 radical (unpaired) electrons. The van der Waals surface area contributed by atoms with Crippen molar-refractivity contribution in [1.29, 1.82) is 0 Å². The molecule has 0 spiro atoms. The van der Waals surface area contributed by atoms with Crippen LogP contribution in [0.5, 0.6) is 0 Å². The highest BCUT2D eigenvalue weighted by molar-refractivity contribution is 6.01. The molecule has 5 aliphatic rings. The van der Waals surface area contributed by atoms with Crippen molar-refractivity contribution in [3.05, 3.63) is 117 Å². The first-order chi connectivity index (χ1) is 15.6. The number of allylic oxidation sites excluding steroid dienone is 7. The molecule has 2 atom stereocenters. The smallest absolute Gasteiger partial charge is 0.0318 e. The SMILES string of the molecule is C[C@]12C3=Cc4ccccc4C1=CC=C1C4=c5c(ccc6cccc(c56)CC4)=C(C=C3)[C@]12C. The molecule has 0 aromatic heterocycles. The lowest BCUT2D eigenvalue weighted by Gasteiger charge is -2.58. The molecule has 3 aromatic carbocycles. The third kappa shape index (κ3) is 1.66. The Morgan fingerprint density at radius 1 is 0.750 bits per heavy atom. The summed E-state index contributed by atoms with van der Waals surface area (Å²) in [6.45, 7) is 5.02. The van der Waals surface area contributed by atoms with Gasteiger partial charge in [-0.05, 0) is 78.6 Å². The van der Waals surface area contributed by atoms with Crippen molar-refractivity contribution in [2.24, 2.45) is 10.8 Å². The van der Waals surface area contributed by atoms with Gasteiger partial charge in [-0.25, -0.2) is 0 Å². The van der Waals surface area contributed by atoms with Crippen molar-refractivity contribution in [2.75, 3.05) is 0 Å². The topological polar surface area (TPSA) is 0 Å². The van der Waals surface area contributed by atoms with Gasteiger partial charge in [-0.3, -0.25) is 0 Å². The first-order valence-corrected chi connectivity index (χ1v) is 11.8. The predicted molar refractivity (Wildman–Crippen MR) is 134 cm³/mol. The van der Waals surface area contributed by atoms with Crippen molar-refractivity contribution < 1.29 is 0 Å². The summed E-state index contributed by atoms with van der Waals surface area (Å²) < 4.78 is 0. The van der Waals surface area contributed by atoms with Gasteiger partial charge < -0.3 is 0 Å². The fourth-order valence-corrected chi connectivity index (χ4v) is 7.61. The van der Waals surface area contributed by atoms with E-state index in [9.17, 15) is 0 Å². The van der Waals surface area contributed by atoms with Gasteiger partial charge in [-0.2, -0.15) is 0 Å². The second-order valence-corrected chi connectivity index (χ2v) is 10.3. The van der Waals surface area contributed by atoms with E-state index >= 15 is 0 Å². The molecule has 152 valence electrons. The van der Waals surface area contributed by atoms with Crippen LogP contribution in [0.4, 0.5) is 0 Å². The van der Waals surface area contributed by atoms with Gasteiger partial charge in [0.15, 0.2) is 0 Å². The fraction of sp³-hybridized carbons (Fsp3) is 0.188. The molecular formula is C32H24. The van der Waals surface area contributed by atoms with Crippen LogP contribution in [0.2, 0.25) is 0 Å². The summed E-state index contributed by atoms with van der Waals surface area (Å²) in [6.07, 6.45) is 14.5. The van der Waals surface area contributed by atoms with Crippen LogP contribution in [0.3, 0.4) is 0 Å². The molecule has 0 heteroatoms. The van der Waals surface area contributed by atoms with Gasteiger partial charge in [0, 0.05) is 10.8 Å². The van der Waals surface area contributed by atoms with E-state index in [-0.39, 0.29) is 10.8 Å². The lowest BCUT2D eigenvalue weighted by Crippen LogP contribution is -2.53. The summed E-state index contributed by atoms with van der Waals surface area (Å²) in [4.78, 5) is 0. The second kappa shape index (κ2) is 5.33. The van der Waals surface area contributed by atoms with E-state index < -0.39 is 0 Å². The summed E-state index contributed by atoms with van der Waals surface area (Å²) in [7, 11) is 0. The number of hydrogen-bond donors (Lipinski definition) is 0. The van der Waals surface area contributed by atoms with Crippen molar-refractivity contribution >= 4 is 33.6 Å². The van der Waals surface area contributed by atoms with Gasteiger partial charge in [-0.15, -0.1) is 0 Å². The van der Waals surface area contributed by atoms with Gasteiger partial charge in [0.05, 0.1) is 0 Å². The summed E-state index contributed by atoms with van der Waals surface area (Å²) in [5.74, 6) is 0. The van der Waals surface area contributed by atoms with Crippen LogP contribution in [0.25, 0.3) is 33.6 Å². The number of aryl methyl sites for hydroxylation is 1. The van der Waals surface area contributed by atoms with E-state index in [0.717, 1.165) is 12.8 Å². The zero-order chi connectivity index (χ0) is 21.2. The highest BCUT2D eigenvalue weighted by Gasteiger charge is 2.58. The molecular weight excluding hydrogens is 384 g/mol. The largest absolute Gasteiger partial charge is 0.0616 e. The Hall–Kier alpha value is -3.38. The van der Waals surface area contributed by atoms with Gasteiger partial charge in [0.25, 0.3) is 0 Å². The highest BCUT2D eigenvalue weighted by Crippen LogP contribution is 2.68. The Balaban J connectivity index is 1.62. The molecule has 0 N–H and O–H groups in total. The quantitative estimate of drug-likeness (QED) is 0.421. The standard InChI is InChI=1S/C32H24/c1-31-22-12-15-27-24-13-10-19-7-5-8-20-11-14-25(30(24)29(19)20)28(32(27,31)2)17-16-26(31)23-9-4-3-6-21(23)18-22/h3-10,12-13,15-18H,11,14H2,1-2H3/t31-,32+/m0/s1. The normalized spacial score (nSPS) is 28.0. The maximum Gasteiger partial charge on any atom is 0.0318 e. The van der Waals surface area contributed by atoms with Crippen LogP contribution < -0.4 is 10.4 Å². The van der Waals surface area contributed by atoms with E-state index in [0.29, 0.717) is 0 Å². The van der Waals surface area contributed by atoms with Gasteiger partial charge in [0.1, 0.15) is 0 Å². The lowest BCUT2D eigenvalue weighted by molar-refractivity contribution is 0.306. The van der Waals surface area contributed by atoms with E-state index in [4.69, 9.17) is 0 Å². The molecule has 8 rings (SSSR count). The van der Waals surface area contributed by atoms with E-state index in [1.807, 2.05) is 0 Å².